The third-order valence-corrected chi connectivity index (χ3v) is 7.31. The SMILES string of the molecule is CCNC(=NCC(c1ccccc1)N1CCCC1)NCCS(=O)(=O)N(CC)CC.I. The zero-order chi connectivity index (χ0) is 21.1. The maximum Gasteiger partial charge on any atom is 0.215 e. The van der Waals surface area contributed by atoms with Crippen LogP contribution in [0.25, 0.3) is 0 Å². The van der Waals surface area contributed by atoms with E-state index in [1.54, 1.807) is 0 Å². The highest BCUT2D eigenvalue weighted by Crippen LogP contribution is 2.25. The van der Waals surface area contributed by atoms with E-state index >= 15 is 0 Å². The molecule has 2 N–H and O–H groups in total. The van der Waals surface area contributed by atoms with Crippen molar-refractivity contribution in [2.75, 3.05) is 51.6 Å². The van der Waals surface area contributed by atoms with Gasteiger partial charge in [0.2, 0.25) is 10.0 Å². The van der Waals surface area contributed by atoms with Crippen LogP contribution in [-0.4, -0.2) is 75.1 Å². The van der Waals surface area contributed by atoms with Gasteiger partial charge in [-0.2, -0.15) is 0 Å². The fourth-order valence-corrected chi connectivity index (χ4v) is 5.13. The van der Waals surface area contributed by atoms with Crippen LogP contribution in [0.4, 0.5) is 0 Å². The number of benzene rings is 1. The Kier molecular flexibility index (Phi) is 12.8. The van der Waals surface area contributed by atoms with E-state index in [0.29, 0.717) is 32.1 Å². The molecule has 0 bridgehead atoms. The van der Waals surface area contributed by atoms with Crippen molar-refractivity contribution in [3.8, 4) is 0 Å². The average Bonchev–Trinajstić information content (AvgIpc) is 3.24. The Morgan fingerprint density at radius 2 is 1.73 bits per heavy atom. The largest absolute Gasteiger partial charge is 0.357 e. The molecule has 2 rings (SSSR count). The smallest absolute Gasteiger partial charge is 0.215 e. The van der Waals surface area contributed by atoms with Gasteiger partial charge in [-0.05, 0) is 38.4 Å². The highest BCUT2D eigenvalue weighted by molar-refractivity contribution is 14.0. The lowest BCUT2D eigenvalue weighted by atomic mass is 10.1. The van der Waals surface area contributed by atoms with Gasteiger partial charge in [0.1, 0.15) is 0 Å². The lowest BCUT2D eigenvalue weighted by molar-refractivity contribution is 0.251. The quantitative estimate of drug-likeness (QED) is 0.251. The van der Waals surface area contributed by atoms with Crippen LogP contribution in [0, 0.1) is 0 Å². The van der Waals surface area contributed by atoms with E-state index in [1.165, 1.54) is 22.7 Å². The molecule has 0 saturated carbocycles. The summed E-state index contributed by atoms with van der Waals surface area (Å²) in [7, 11) is -3.24. The molecule has 1 atom stereocenters. The fourth-order valence-electron chi connectivity index (χ4n) is 3.72. The minimum atomic E-state index is -3.24. The maximum atomic E-state index is 12.4. The minimum Gasteiger partial charge on any atom is -0.357 e. The van der Waals surface area contributed by atoms with Gasteiger partial charge in [-0.3, -0.25) is 9.89 Å². The summed E-state index contributed by atoms with van der Waals surface area (Å²) in [4.78, 5) is 7.28. The van der Waals surface area contributed by atoms with Gasteiger partial charge in [0.25, 0.3) is 0 Å². The molecule has 0 spiro atoms. The third kappa shape index (κ3) is 8.32. The second-order valence-corrected chi connectivity index (χ2v) is 9.30. The monoisotopic (exact) mass is 551 g/mol. The molecule has 1 heterocycles. The first kappa shape index (κ1) is 27.1. The van der Waals surface area contributed by atoms with Crippen LogP contribution in [0.15, 0.2) is 35.3 Å². The number of sulfonamides is 1. The van der Waals surface area contributed by atoms with Crippen LogP contribution in [0.5, 0.6) is 0 Å². The molecule has 9 heteroatoms. The van der Waals surface area contributed by atoms with Gasteiger partial charge in [-0.15, -0.1) is 24.0 Å². The molecular formula is C21H38IN5O2S. The van der Waals surface area contributed by atoms with Crippen LogP contribution in [0.1, 0.15) is 45.2 Å². The highest BCUT2D eigenvalue weighted by Gasteiger charge is 2.23. The minimum absolute atomic E-state index is 0. The zero-order valence-electron chi connectivity index (χ0n) is 18.5. The number of rotatable bonds is 11. The van der Waals surface area contributed by atoms with Gasteiger partial charge in [0, 0.05) is 26.2 Å². The summed E-state index contributed by atoms with van der Waals surface area (Å²) in [6.45, 7) is 10.6. The first-order chi connectivity index (χ1) is 14.0. The zero-order valence-corrected chi connectivity index (χ0v) is 21.7. The summed E-state index contributed by atoms with van der Waals surface area (Å²) >= 11 is 0. The Labute approximate surface area is 199 Å². The van der Waals surface area contributed by atoms with E-state index in [9.17, 15) is 8.42 Å². The van der Waals surface area contributed by atoms with Crippen LogP contribution in [0.2, 0.25) is 0 Å². The van der Waals surface area contributed by atoms with Crippen molar-refractivity contribution in [2.45, 2.75) is 39.7 Å². The number of nitrogens with one attached hydrogen (secondary N) is 2. The van der Waals surface area contributed by atoms with E-state index in [1.807, 2.05) is 26.8 Å². The van der Waals surface area contributed by atoms with Crippen LogP contribution in [-0.2, 0) is 10.0 Å². The molecule has 30 heavy (non-hydrogen) atoms. The standard InChI is InChI=1S/C21H37N5O2S.HI/c1-4-22-21(23-14-17-29(27,28)26(5-2)6-3)24-18-20(25-15-10-11-16-25)19-12-8-7-9-13-19;/h7-9,12-13,20H,4-6,10-11,14-18H2,1-3H3,(H2,22,23,24);1H. The number of likely N-dealkylation sites (tertiary alicyclic amines) is 1. The molecule has 0 aromatic heterocycles. The summed E-state index contributed by atoms with van der Waals surface area (Å²) in [5.41, 5.74) is 1.28. The van der Waals surface area contributed by atoms with Crippen molar-refractivity contribution in [1.82, 2.24) is 19.8 Å². The first-order valence-corrected chi connectivity index (χ1v) is 12.4. The Morgan fingerprint density at radius 3 is 2.30 bits per heavy atom. The lowest BCUT2D eigenvalue weighted by Crippen LogP contribution is -2.42. The van der Waals surface area contributed by atoms with Crippen LogP contribution in [0.3, 0.4) is 0 Å². The van der Waals surface area contributed by atoms with Gasteiger partial charge in [-0.25, -0.2) is 12.7 Å². The van der Waals surface area contributed by atoms with E-state index in [2.05, 4.69) is 39.8 Å². The molecule has 7 nitrogen and oxygen atoms in total. The number of aliphatic imine (C=N–C) groups is 1. The maximum absolute atomic E-state index is 12.4. The molecule has 0 radical (unpaired) electrons. The summed E-state index contributed by atoms with van der Waals surface area (Å²) in [5, 5.41) is 6.43. The number of hydrogen-bond donors (Lipinski definition) is 2. The second-order valence-electron chi connectivity index (χ2n) is 7.22. The van der Waals surface area contributed by atoms with Crippen molar-refractivity contribution in [1.29, 1.82) is 0 Å². The number of guanidine groups is 1. The molecule has 0 aliphatic carbocycles. The van der Waals surface area contributed by atoms with Crippen LogP contribution >= 0.6 is 24.0 Å². The van der Waals surface area contributed by atoms with Crippen molar-refractivity contribution < 1.29 is 8.42 Å². The molecule has 1 aromatic rings. The second kappa shape index (κ2) is 14.2. The number of halogens is 1. The Bertz CT molecular complexity index is 720. The van der Waals surface area contributed by atoms with E-state index in [-0.39, 0.29) is 35.8 Å². The first-order valence-electron chi connectivity index (χ1n) is 10.8. The number of hydrogen-bond acceptors (Lipinski definition) is 4. The Hall–Kier alpha value is -0.910. The van der Waals surface area contributed by atoms with Gasteiger partial charge in [0.05, 0.1) is 18.3 Å². The predicted molar refractivity (Wildman–Crippen MR) is 136 cm³/mol. The molecule has 1 unspecified atom stereocenters. The molecule has 1 aliphatic heterocycles. The summed E-state index contributed by atoms with van der Waals surface area (Å²) < 4.78 is 26.3. The highest BCUT2D eigenvalue weighted by atomic mass is 127. The molecular weight excluding hydrogens is 513 g/mol. The molecule has 1 saturated heterocycles. The van der Waals surface area contributed by atoms with Gasteiger partial charge in [0.15, 0.2) is 5.96 Å². The predicted octanol–water partition coefficient (Wildman–Crippen LogP) is 2.67. The molecule has 1 fully saturated rings. The van der Waals surface area contributed by atoms with E-state index < -0.39 is 10.0 Å². The molecule has 0 amide bonds. The normalized spacial score (nSPS) is 16.3. The van der Waals surface area contributed by atoms with E-state index in [0.717, 1.165) is 19.6 Å². The lowest BCUT2D eigenvalue weighted by Gasteiger charge is -2.27. The summed E-state index contributed by atoms with van der Waals surface area (Å²) in [5.74, 6) is 0.732. The summed E-state index contributed by atoms with van der Waals surface area (Å²) in [6, 6.07) is 10.8. The number of nitrogens with zero attached hydrogens (tertiary/aromatic N) is 3. The third-order valence-electron chi connectivity index (χ3n) is 5.28. The molecule has 1 aromatic carbocycles. The van der Waals surface area contributed by atoms with Gasteiger partial charge in [-0.1, -0.05) is 44.2 Å². The van der Waals surface area contributed by atoms with Crippen molar-refractivity contribution in [3.05, 3.63) is 35.9 Å². The fraction of sp³-hybridized carbons (Fsp3) is 0.667. The van der Waals surface area contributed by atoms with Crippen molar-refractivity contribution in [2.24, 2.45) is 4.99 Å². The van der Waals surface area contributed by atoms with Gasteiger partial charge < -0.3 is 10.6 Å². The van der Waals surface area contributed by atoms with Crippen molar-refractivity contribution >= 4 is 40.0 Å². The molecule has 172 valence electrons. The topological polar surface area (TPSA) is 77.0 Å². The van der Waals surface area contributed by atoms with Crippen LogP contribution < -0.4 is 10.6 Å². The summed E-state index contributed by atoms with van der Waals surface area (Å²) in [6.07, 6.45) is 2.46. The Balaban J connectivity index is 0.00000450. The van der Waals surface area contributed by atoms with Gasteiger partial charge >= 0.3 is 0 Å². The van der Waals surface area contributed by atoms with Crippen molar-refractivity contribution in [3.63, 3.8) is 0 Å². The Morgan fingerprint density at radius 1 is 1.10 bits per heavy atom. The molecule has 1 aliphatic rings. The van der Waals surface area contributed by atoms with E-state index in [4.69, 9.17) is 4.99 Å². The average molecular weight is 552 g/mol.